The van der Waals surface area contributed by atoms with E-state index in [1.54, 1.807) is 0 Å². The van der Waals surface area contributed by atoms with Crippen LogP contribution in [-0.2, 0) is 6.18 Å². The molecule has 0 bridgehead atoms. The molecule has 3 aromatic rings. The molecule has 46 heavy (non-hydrogen) atoms. The van der Waals surface area contributed by atoms with E-state index in [1.165, 1.54) is 0 Å². The van der Waals surface area contributed by atoms with Crippen LogP contribution in [0.3, 0.4) is 0 Å². The minimum Gasteiger partial charge on any atom is -0.477 e. The number of likely N-dealkylation sites (N-methyl/N-ethyl adjacent to an activating group) is 1. The number of nitrogens with one attached hydrogen (secondary N) is 1. The van der Waals surface area contributed by atoms with Crippen molar-refractivity contribution in [1.29, 1.82) is 0 Å². The molecule has 1 spiro atoms. The molecule has 3 aliphatic heterocycles. The summed E-state index contributed by atoms with van der Waals surface area (Å²) in [5.41, 5.74) is 2.09. The van der Waals surface area contributed by atoms with Gasteiger partial charge in [0.25, 0.3) is 0 Å². The van der Waals surface area contributed by atoms with Crippen molar-refractivity contribution in [2.45, 2.75) is 68.4 Å². The van der Waals surface area contributed by atoms with E-state index in [4.69, 9.17) is 31.8 Å². The molecule has 9 nitrogen and oxygen atoms in total. The van der Waals surface area contributed by atoms with Crippen LogP contribution in [0.4, 0.5) is 33.5 Å². The Labute approximate surface area is 267 Å². The maximum Gasteiger partial charge on any atom is 0.418 e. The van der Waals surface area contributed by atoms with Crippen molar-refractivity contribution < 1.29 is 31.4 Å². The summed E-state index contributed by atoms with van der Waals surface area (Å²) < 4.78 is 86.5. The predicted octanol–water partition coefficient (Wildman–Crippen LogP) is 5.77. The molecule has 2 aromatic heterocycles. The maximum atomic E-state index is 16.8. The van der Waals surface area contributed by atoms with Crippen LogP contribution < -0.4 is 25.4 Å². The summed E-state index contributed by atoms with van der Waals surface area (Å²) in [7, 11) is 1.83. The van der Waals surface area contributed by atoms with Gasteiger partial charge in [-0.25, -0.2) is 13.8 Å². The second-order valence-corrected chi connectivity index (χ2v) is 13.3. The van der Waals surface area contributed by atoms with Crippen LogP contribution in [0.5, 0.6) is 11.9 Å². The normalized spacial score (nSPS) is 24.1. The van der Waals surface area contributed by atoms with Gasteiger partial charge in [0, 0.05) is 49.3 Å². The largest absolute Gasteiger partial charge is 0.477 e. The number of rotatable bonds is 7. The minimum atomic E-state index is -4.94. The van der Waals surface area contributed by atoms with E-state index in [-0.39, 0.29) is 47.2 Å². The van der Waals surface area contributed by atoms with Crippen molar-refractivity contribution in [3.63, 3.8) is 0 Å². The van der Waals surface area contributed by atoms with E-state index in [9.17, 15) is 17.6 Å². The summed E-state index contributed by atoms with van der Waals surface area (Å²) in [5.74, 6) is -0.884. The topological polar surface area (TPSA) is 102 Å². The number of hydrogen-bond donors (Lipinski definition) is 2. The molecule has 1 saturated carbocycles. The molecule has 1 aliphatic carbocycles. The van der Waals surface area contributed by atoms with Gasteiger partial charge in [-0.3, -0.25) is 4.90 Å². The molecular weight excluding hydrogens is 633 g/mol. The molecule has 3 N–H and O–H groups in total. The second kappa shape index (κ2) is 11.5. The van der Waals surface area contributed by atoms with Crippen molar-refractivity contribution in [3.8, 4) is 23.1 Å². The van der Waals surface area contributed by atoms with E-state index in [2.05, 4.69) is 25.1 Å². The Balaban J connectivity index is 1.44. The van der Waals surface area contributed by atoms with Gasteiger partial charge in [-0.2, -0.15) is 23.1 Å². The van der Waals surface area contributed by atoms with Gasteiger partial charge in [-0.15, -0.1) is 0 Å². The first-order valence-electron chi connectivity index (χ1n) is 15.6. The Morgan fingerprint density at radius 1 is 1.15 bits per heavy atom. The third-order valence-electron chi connectivity index (χ3n) is 10.1. The lowest BCUT2D eigenvalue weighted by atomic mass is 9.72. The van der Waals surface area contributed by atoms with Crippen LogP contribution in [0, 0.1) is 5.82 Å². The quantitative estimate of drug-likeness (QED) is 0.240. The highest BCUT2D eigenvalue weighted by Crippen LogP contribution is 2.50. The van der Waals surface area contributed by atoms with Crippen LogP contribution in [0.15, 0.2) is 12.1 Å². The molecule has 1 aromatic carbocycles. The van der Waals surface area contributed by atoms with Crippen LogP contribution in [0.2, 0.25) is 5.02 Å². The highest BCUT2D eigenvalue weighted by atomic mass is 35.5. The molecule has 4 aliphatic rings. The molecule has 3 fully saturated rings. The van der Waals surface area contributed by atoms with Crippen LogP contribution >= 0.6 is 11.6 Å². The lowest BCUT2D eigenvalue weighted by Crippen LogP contribution is -2.57. The van der Waals surface area contributed by atoms with Crippen LogP contribution in [0.1, 0.15) is 50.5 Å². The lowest BCUT2D eigenvalue weighted by Gasteiger charge is -2.52. The summed E-state index contributed by atoms with van der Waals surface area (Å²) in [4.78, 5) is 17.8. The molecule has 0 radical (unpaired) electrons. The van der Waals surface area contributed by atoms with Crippen LogP contribution in [0.25, 0.3) is 22.2 Å². The molecule has 0 amide bonds. The van der Waals surface area contributed by atoms with Gasteiger partial charge in [-0.1, -0.05) is 11.6 Å². The molecule has 0 unspecified atom stereocenters. The molecule has 2 saturated heterocycles. The number of ether oxygens (including phenoxy) is 2. The average Bonchev–Trinajstić information content (AvgIpc) is 3.48. The van der Waals surface area contributed by atoms with Crippen molar-refractivity contribution in [1.82, 2.24) is 25.2 Å². The Morgan fingerprint density at radius 3 is 2.67 bits per heavy atom. The first-order valence-corrected chi connectivity index (χ1v) is 16.0. The fourth-order valence-electron chi connectivity index (χ4n) is 7.77. The number of alkyl halides is 4. The van der Waals surface area contributed by atoms with E-state index in [0.717, 1.165) is 50.8 Å². The summed E-state index contributed by atoms with van der Waals surface area (Å²) in [6, 6.07) is 1.80. The number of benzene rings is 1. The van der Waals surface area contributed by atoms with Gasteiger partial charge < -0.3 is 25.4 Å². The van der Waals surface area contributed by atoms with Gasteiger partial charge in [0.2, 0.25) is 5.88 Å². The summed E-state index contributed by atoms with van der Waals surface area (Å²) in [6.07, 6.45) is -0.674. The third-order valence-corrected chi connectivity index (χ3v) is 10.4. The number of halogens is 6. The number of pyridine rings is 1. The monoisotopic (exact) mass is 667 g/mol. The molecule has 7 rings (SSSR count). The van der Waals surface area contributed by atoms with E-state index < -0.39 is 45.5 Å². The molecule has 15 heteroatoms. The van der Waals surface area contributed by atoms with E-state index in [1.807, 2.05) is 7.05 Å². The first-order chi connectivity index (χ1) is 21.9. The van der Waals surface area contributed by atoms with Gasteiger partial charge >= 0.3 is 12.2 Å². The Bertz CT molecular complexity index is 1670. The number of aromatic nitrogens is 3. The molecular formula is C31H35ClF5N7O2. The van der Waals surface area contributed by atoms with Crippen molar-refractivity contribution in [2.75, 3.05) is 57.1 Å². The van der Waals surface area contributed by atoms with Crippen LogP contribution in [-0.4, -0.2) is 83.5 Å². The fraction of sp³-hybridized carbons (Fsp3) is 0.581. The molecule has 2 atom stereocenters. The van der Waals surface area contributed by atoms with Gasteiger partial charge in [0.1, 0.15) is 35.2 Å². The van der Waals surface area contributed by atoms with E-state index in [0.29, 0.717) is 38.3 Å². The Morgan fingerprint density at radius 2 is 1.96 bits per heavy atom. The zero-order chi connectivity index (χ0) is 32.4. The highest BCUT2D eigenvalue weighted by molar-refractivity contribution is 6.32. The van der Waals surface area contributed by atoms with Gasteiger partial charge in [0.05, 0.1) is 22.7 Å². The zero-order valence-electron chi connectivity index (χ0n) is 25.3. The third kappa shape index (κ3) is 5.16. The summed E-state index contributed by atoms with van der Waals surface area (Å²) >= 11 is 6.03. The van der Waals surface area contributed by atoms with Crippen molar-refractivity contribution in [2.24, 2.45) is 0 Å². The highest BCUT2D eigenvalue weighted by Gasteiger charge is 2.50. The number of nitrogens with zero attached hydrogens (tertiary/aromatic N) is 5. The first kappa shape index (κ1) is 31.4. The maximum absolute atomic E-state index is 16.8. The lowest BCUT2D eigenvalue weighted by molar-refractivity contribution is -0.137. The van der Waals surface area contributed by atoms with Crippen molar-refractivity contribution in [3.05, 3.63) is 28.5 Å². The summed E-state index contributed by atoms with van der Waals surface area (Å²) in [5, 5.41) is 2.62. The SMILES string of the molecule is CNCCN1c2nc(OC[C@@]34CCCN3C[C@H](F)C4)nc3c(F)c(-c4cc(N)cc(Cl)c4C(F)(F)F)nc(c23)OCCC12CCC2. The number of anilines is 2. The molecule has 248 valence electrons. The Kier molecular flexibility index (Phi) is 7.83. The Hall–Kier alpha value is -3.23. The number of fused-ring (bicyclic) bond motifs is 1. The number of hydrogen-bond acceptors (Lipinski definition) is 9. The average molecular weight is 668 g/mol. The summed E-state index contributed by atoms with van der Waals surface area (Å²) in [6.45, 7) is 2.46. The number of nitrogen functional groups attached to an aromatic ring is 1. The smallest absolute Gasteiger partial charge is 0.418 e. The number of nitrogens with two attached hydrogens (primary N) is 1. The standard InChI is InChI=1S/C31H35ClF5N7O2/c1-39-8-10-44-26-21-25(41-28(42-26)46-16-30-6-3-9-43(30)15-17(33)14-30)23(34)24(40-27(21)45-11-7-29(44)4-2-5-29)19-12-18(38)13-20(32)22(19)31(35,36)37/h12-13,17,39H,2-11,14-16,38H2,1H3/t17-,30+/m1/s1. The minimum absolute atomic E-state index is 0.0893. The van der Waals surface area contributed by atoms with E-state index >= 15 is 4.39 Å². The van der Waals surface area contributed by atoms with Gasteiger partial charge in [0.15, 0.2) is 5.82 Å². The van der Waals surface area contributed by atoms with Gasteiger partial charge in [-0.05, 0) is 57.8 Å². The van der Waals surface area contributed by atoms with Crippen molar-refractivity contribution >= 4 is 34.0 Å². The second-order valence-electron chi connectivity index (χ2n) is 12.9. The predicted molar refractivity (Wildman–Crippen MR) is 164 cm³/mol. The fourth-order valence-corrected chi connectivity index (χ4v) is 8.10. The zero-order valence-corrected chi connectivity index (χ0v) is 26.1. The molecule has 5 heterocycles.